The molecule has 1 aromatic carbocycles. The van der Waals surface area contributed by atoms with Crippen LogP contribution in [0.4, 0.5) is 4.39 Å². The molecule has 0 atom stereocenters. The molecule has 0 aliphatic rings. The molecule has 4 aromatic rings. The quantitative estimate of drug-likeness (QED) is 0.625. The monoisotopic (exact) mass is 334 g/mol. The third kappa shape index (κ3) is 2.26. The molecule has 9 heteroatoms. The van der Waals surface area contributed by atoms with Gasteiger partial charge in [-0.25, -0.2) is 4.39 Å². The van der Waals surface area contributed by atoms with Gasteiger partial charge in [0.25, 0.3) is 0 Å². The number of benzene rings is 1. The van der Waals surface area contributed by atoms with Crippen LogP contribution in [0, 0.1) is 5.82 Å². The molecule has 0 bridgehead atoms. The number of H-pyrrole nitrogens is 1. The summed E-state index contributed by atoms with van der Waals surface area (Å²) in [6.07, 6.45) is 2.04. The van der Waals surface area contributed by atoms with E-state index in [1.807, 2.05) is 0 Å². The molecule has 0 aliphatic heterocycles. The number of hydrogen-bond donors (Lipinski definition) is 1. The summed E-state index contributed by atoms with van der Waals surface area (Å²) in [7, 11) is 0. The Hall–Kier alpha value is -2.32. The van der Waals surface area contributed by atoms with Crippen molar-refractivity contribution in [2.45, 2.75) is 6.42 Å². The fraction of sp³-hybridized carbons (Fsp3) is 0.0769. The molecule has 22 heavy (non-hydrogen) atoms. The first-order chi connectivity index (χ1) is 10.7. The van der Waals surface area contributed by atoms with Gasteiger partial charge in [0.2, 0.25) is 4.96 Å². The van der Waals surface area contributed by atoms with Crippen LogP contribution in [0.5, 0.6) is 0 Å². The molecule has 3 aromatic heterocycles. The van der Waals surface area contributed by atoms with Gasteiger partial charge >= 0.3 is 0 Å². The fourth-order valence-electron chi connectivity index (χ4n) is 2.07. The minimum absolute atomic E-state index is 0.264. The summed E-state index contributed by atoms with van der Waals surface area (Å²) in [5.41, 5.74) is 1.59. The highest BCUT2D eigenvalue weighted by atomic mass is 35.5. The highest BCUT2D eigenvalue weighted by Gasteiger charge is 2.16. The highest BCUT2D eigenvalue weighted by Crippen LogP contribution is 2.29. The summed E-state index contributed by atoms with van der Waals surface area (Å²) in [5.74, 6) is 0.416. The Kier molecular flexibility index (Phi) is 3.12. The van der Waals surface area contributed by atoms with E-state index < -0.39 is 0 Å². The van der Waals surface area contributed by atoms with E-state index in [4.69, 9.17) is 11.6 Å². The van der Waals surface area contributed by atoms with Crippen molar-refractivity contribution in [2.24, 2.45) is 0 Å². The Morgan fingerprint density at radius 2 is 2.05 bits per heavy atom. The van der Waals surface area contributed by atoms with Crippen LogP contribution in [-0.4, -0.2) is 30.0 Å². The number of nitrogens with zero attached hydrogens (tertiary/aromatic N) is 5. The van der Waals surface area contributed by atoms with Crippen LogP contribution in [0.25, 0.3) is 15.7 Å². The van der Waals surface area contributed by atoms with E-state index in [2.05, 4.69) is 25.5 Å². The summed E-state index contributed by atoms with van der Waals surface area (Å²) in [6, 6.07) is 6.28. The molecule has 0 aliphatic carbocycles. The predicted molar refractivity (Wildman–Crippen MR) is 80.5 cm³/mol. The minimum Gasteiger partial charge on any atom is -0.274 e. The van der Waals surface area contributed by atoms with Crippen LogP contribution in [0.3, 0.4) is 0 Å². The van der Waals surface area contributed by atoms with E-state index in [1.165, 1.54) is 29.7 Å². The van der Waals surface area contributed by atoms with Gasteiger partial charge in [-0.1, -0.05) is 35.1 Å². The van der Waals surface area contributed by atoms with Gasteiger partial charge in [0.1, 0.15) is 11.5 Å². The molecule has 0 fully saturated rings. The molecule has 3 heterocycles. The second-order valence-corrected chi connectivity index (χ2v) is 5.98. The lowest BCUT2D eigenvalue weighted by molar-refractivity contribution is 0.627. The van der Waals surface area contributed by atoms with Gasteiger partial charge in [0, 0.05) is 6.42 Å². The zero-order valence-electron chi connectivity index (χ0n) is 11.0. The van der Waals surface area contributed by atoms with Crippen LogP contribution in [0.1, 0.15) is 11.4 Å². The second-order valence-electron chi connectivity index (χ2n) is 4.61. The first-order valence-electron chi connectivity index (χ1n) is 6.35. The van der Waals surface area contributed by atoms with Crippen LogP contribution < -0.4 is 0 Å². The lowest BCUT2D eigenvalue weighted by Crippen LogP contribution is -1.98. The van der Waals surface area contributed by atoms with E-state index in [1.54, 1.807) is 16.6 Å². The zero-order chi connectivity index (χ0) is 15.1. The molecule has 0 saturated heterocycles. The average molecular weight is 335 g/mol. The lowest BCUT2D eigenvalue weighted by Gasteiger charge is -1.98. The van der Waals surface area contributed by atoms with Gasteiger partial charge in [0.15, 0.2) is 10.8 Å². The summed E-state index contributed by atoms with van der Waals surface area (Å²) in [6.45, 7) is 0. The third-order valence-corrected chi connectivity index (χ3v) is 4.34. The summed E-state index contributed by atoms with van der Waals surface area (Å²) < 4.78 is 14.6. The van der Waals surface area contributed by atoms with Crippen LogP contribution in [0.15, 0.2) is 30.5 Å². The molecule has 0 unspecified atom stereocenters. The van der Waals surface area contributed by atoms with Crippen molar-refractivity contribution in [1.29, 1.82) is 0 Å². The number of rotatable bonds is 3. The van der Waals surface area contributed by atoms with Gasteiger partial charge < -0.3 is 0 Å². The Balaban J connectivity index is 1.72. The normalized spacial score (nSPS) is 11.4. The minimum atomic E-state index is -0.264. The van der Waals surface area contributed by atoms with Crippen molar-refractivity contribution in [3.8, 4) is 10.7 Å². The third-order valence-electron chi connectivity index (χ3n) is 3.14. The molecule has 6 nitrogen and oxygen atoms in total. The van der Waals surface area contributed by atoms with E-state index in [-0.39, 0.29) is 5.82 Å². The van der Waals surface area contributed by atoms with E-state index >= 15 is 0 Å². The Bertz CT molecular complexity index is 941. The second kappa shape index (κ2) is 5.15. The maximum atomic E-state index is 13.0. The lowest BCUT2D eigenvalue weighted by atomic mass is 10.1. The molecule has 0 spiro atoms. The Morgan fingerprint density at radius 3 is 2.77 bits per heavy atom. The van der Waals surface area contributed by atoms with Crippen LogP contribution in [-0.2, 0) is 6.42 Å². The zero-order valence-corrected chi connectivity index (χ0v) is 12.6. The standard InChI is InChI=1S/C13H8ClFN6S/c14-9-6-16-18-11(9)12-20-21-10(17-19-13(21)22-12)5-7-1-3-8(15)4-2-7/h1-4,6H,5H2,(H,16,18). The van der Waals surface area contributed by atoms with Gasteiger partial charge in [-0.2, -0.15) is 14.7 Å². The van der Waals surface area contributed by atoms with Crippen molar-refractivity contribution in [2.75, 3.05) is 0 Å². The average Bonchev–Trinajstić information content (AvgIpc) is 3.18. The van der Waals surface area contributed by atoms with Crippen molar-refractivity contribution in [1.82, 2.24) is 30.0 Å². The maximum absolute atomic E-state index is 13.0. The maximum Gasteiger partial charge on any atom is 0.235 e. The SMILES string of the molecule is Fc1ccc(Cc2nnc3sc(-c4[nH]ncc4Cl)nn23)cc1. The molecule has 110 valence electrons. The number of halogens is 2. The smallest absolute Gasteiger partial charge is 0.235 e. The molecule has 4 rings (SSSR count). The predicted octanol–water partition coefficient (Wildman–Crippen LogP) is 2.96. The largest absolute Gasteiger partial charge is 0.274 e. The van der Waals surface area contributed by atoms with Crippen LogP contribution in [0.2, 0.25) is 5.02 Å². The van der Waals surface area contributed by atoms with Gasteiger partial charge in [-0.05, 0) is 17.7 Å². The van der Waals surface area contributed by atoms with Gasteiger partial charge in [-0.15, -0.1) is 10.2 Å². The van der Waals surface area contributed by atoms with Crippen molar-refractivity contribution in [3.05, 3.63) is 52.7 Å². The van der Waals surface area contributed by atoms with Crippen molar-refractivity contribution < 1.29 is 4.39 Å². The highest BCUT2D eigenvalue weighted by molar-refractivity contribution is 7.19. The van der Waals surface area contributed by atoms with E-state index in [0.717, 1.165) is 5.56 Å². The van der Waals surface area contributed by atoms with Crippen molar-refractivity contribution >= 4 is 27.9 Å². The van der Waals surface area contributed by atoms with Gasteiger partial charge in [0.05, 0.1) is 11.2 Å². The van der Waals surface area contributed by atoms with Crippen molar-refractivity contribution in [3.63, 3.8) is 0 Å². The summed E-state index contributed by atoms with van der Waals surface area (Å²) in [4.78, 5) is 0.665. The first-order valence-corrected chi connectivity index (χ1v) is 7.55. The molecule has 0 radical (unpaired) electrons. The molecular formula is C13H8ClFN6S. The number of nitrogens with one attached hydrogen (secondary N) is 1. The number of aromatic amines is 1. The van der Waals surface area contributed by atoms with E-state index in [0.29, 0.717) is 32.9 Å². The fourth-order valence-corrected chi connectivity index (χ4v) is 3.18. The topological polar surface area (TPSA) is 71.8 Å². The Labute approximate surface area is 132 Å². The summed E-state index contributed by atoms with van der Waals surface area (Å²) in [5, 5.41) is 20.6. The molecular weight excluding hydrogens is 327 g/mol. The summed E-state index contributed by atoms with van der Waals surface area (Å²) >= 11 is 7.41. The first kappa shape index (κ1) is 13.4. The van der Waals surface area contributed by atoms with E-state index in [9.17, 15) is 4.39 Å². The van der Waals surface area contributed by atoms with Crippen LogP contribution >= 0.6 is 22.9 Å². The molecule has 0 saturated carbocycles. The number of aromatic nitrogens is 6. The number of fused-ring (bicyclic) bond motifs is 1. The Morgan fingerprint density at radius 1 is 1.23 bits per heavy atom. The number of hydrogen-bond acceptors (Lipinski definition) is 5. The van der Waals surface area contributed by atoms with Gasteiger partial charge in [-0.3, -0.25) is 5.10 Å². The molecule has 0 amide bonds. The molecule has 1 N–H and O–H groups in total.